The maximum atomic E-state index is 8.49. The van der Waals surface area contributed by atoms with Crippen LogP contribution in [0.1, 0.15) is 130 Å². The Bertz CT molecular complexity index is 855. The maximum absolute atomic E-state index is 8.49. The van der Waals surface area contributed by atoms with Crippen LogP contribution in [0.15, 0.2) is 24.3 Å². The molecular formula is C36H62Cl2O12. The average Bonchev–Trinajstić information content (AvgIpc) is 3.85. The Morgan fingerprint density at radius 3 is 0.820 bits per heavy atom. The first-order chi connectivity index (χ1) is 23.7. The molecule has 12 unspecified atom stereocenters. The summed E-state index contributed by atoms with van der Waals surface area (Å²) in [5, 5.41) is 0. The van der Waals surface area contributed by atoms with Crippen molar-refractivity contribution >= 4 is 0 Å². The molecule has 0 aromatic rings. The lowest BCUT2D eigenvalue weighted by Gasteiger charge is -2.33. The van der Waals surface area contributed by atoms with Gasteiger partial charge in [0.1, 0.15) is 0 Å². The van der Waals surface area contributed by atoms with E-state index in [1.165, 1.54) is 103 Å². The van der Waals surface area contributed by atoms with E-state index in [4.69, 9.17) is 56.2 Å². The Morgan fingerprint density at radius 2 is 0.640 bits per heavy atom. The van der Waals surface area contributed by atoms with E-state index in [-0.39, 0.29) is 0 Å². The molecule has 0 aromatic heterocycles. The van der Waals surface area contributed by atoms with Gasteiger partial charge < -0.3 is 18.9 Å². The van der Waals surface area contributed by atoms with Crippen molar-refractivity contribution in [1.29, 1.82) is 0 Å². The average molecular weight is 758 g/mol. The zero-order valence-electron chi connectivity index (χ0n) is 30.3. The van der Waals surface area contributed by atoms with Crippen LogP contribution in [-0.4, -0.2) is 58.3 Å². The number of fused-ring (bicyclic) bond motifs is 8. The van der Waals surface area contributed by atoms with Gasteiger partial charge in [0.25, 0.3) is 0 Å². The molecule has 3 saturated heterocycles. The van der Waals surface area contributed by atoms with Crippen LogP contribution in [0.2, 0.25) is 0 Å². The van der Waals surface area contributed by atoms with E-state index in [9.17, 15) is 0 Å². The van der Waals surface area contributed by atoms with Crippen molar-refractivity contribution in [2.45, 2.75) is 179 Å². The molecule has 0 aromatic carbocycles. The van der Waals surface area contributed by atoms with Crippen molar-refractivity contribution < 1.29 is 76.7 Å². The molecule has 0 aliphatic carbocycles. The Labute approximate surface area is 303 Å². The van der Waals surface area contributed by atoms with Crippen LogP contribution in [0.5, 0.6) is 0 Å². The molecule has 5 aliphatic heterocycles. The highest BCUT2D eigenvalue weighted by atomic mass is 35.7. The summed E-state index contributed by atoms with van der Waals surface area (Å²) < 4.78 is 93.4. The topological polar surface area (TPSA) is 229 Å². The SMILES string of the molecule is CCCCC1C2CCC(O2)C(CCCC)C2C=CC([OH+]2)C(CCCC)C2CCC(O2)C(CCCC)C2C=CC1[OH+]2.[O-][Cl+3]([O-])([O-])[O-].[O-][Cl+3]([O-])([O-])[O-]. The Hall–Kier alpha value is -0.420. The lowest BCUT2D eigenvalue weighted by Crippen LogP contribution is -2.68. The molecule has 0 radical (unpaired) electrons. The summed E-state index contributed by atoms with van der Waals surface area (Å²) in [6.07, 6.45) is 32.2. The molecule has 3 fully saturated rings. The number of ether oxygens (including phenoxy) is 4. The van der Waals surface area contributed by atoms with E-state index < -0.39 is 20.5 Å². The van der Waals surface area contributed by atoms with Crippen LogP contribution in [0.4, 0.5) is 0 Å². The van der Waals surface area contributed by atoms with Crippen LogP contribution >= 0.6 is 0 Å². The second-order valence-corrected chi connectivity index (χ2v) is 16.1. The molecule has 12 nitrogen and oxygen atoms in total. The molecule has 50 heavy (non-hydrogen) atoms. The quantitative estimate of drug-likeness (QED) is 0.165. The fraction of sp³-hybridized carbons (Fsp3) is 0.889. The molecule has 5 rings (SSSR count). The summed E-state index contributed by atoms with van der Waals surface area (Å²) in [6, 6.07) is 0. The Kier molecular flexibility index (Phi) is 18.9. The van der Waals surface area contributed by atoms with E-state index >= 15 is 0 Å². The fourth-order valence-electron chi connectivity index (χ4n) is 8.77. The van der Waals surface area contributed by atoms with Gasteiger partial charge in [-0.2, -0.15) is 0 Å². The molecular weight excluding hydrogens is 695 g/mol. The second-order valence-electron chi connectivity index (χ2n) is 14.6. The molecule has 12 atom stereocenters. The third kappa shape index (κ3) is 14.8. The van der Waals surface area contributed by atoms with Crippen LogP contribution in [-0.2, 0) is 9.47 Å². The molecule has 5 heterocycles. The summed E-state index contributed by atoms with van der Waals surface area (Å²) in [5.74, 6) is 2.05. The third-order valence-electron chi connectivity index (χ3n) is 11.1. The first-order valence-corrected chi connectivity index (χ1v) is 21.4. The maximum Gasteiger partial charge on any atom is 0.180 e. The minimum Gasteiger partial charge on any atom is -0.422 e. The normalized spacial score (nSPS) is 36.6. The highest BCUT2D eigenvalue weighted by Gasteiger charge is 2.50. The lowest BCUT2D eigenvalue weighted by molar-refractivity contribution is -2.00. The zero-order valence-corrected chi connectivity index (χ0v) is 31.8. The number of hydrogen-bond donors (Lipinski definition) is 0. The van der Waals surface area contributed by atoms with Gasteiger partial charge in [-0.05, 0) is 75.7 Å². The van der Waals surface area contributed by atoms with Gasteiger partial charge in [-0.1, -0.05) is 79.1 Å². The van der Waals surface area contributed by atoms with Gasteiger partial charge in [-0.15, -0.1) is 20.5 Å². The van der Waals surface area contributed by atoms with Crippen molar-refractivity contribution in [3.05, 3.63) is 24.3 Å². The highest BCUT2D eigenvalue weighted by Crippen LogP contribution is 2.43. The first-order valence-electron chi connectivity index (χ1n) is 19.0. The minimum absolute atomic E-state index is 0.307. The number of halogens is 2. The molecule has 0 saturated carbocycles. The molecule has 2 N–H and O–H groups in total. The first kappa shape index (κ1) is 44.0. The van der Waals surface area contributed by atoms with Gasteiger partial charge in [0.15, 0.2) is 24.4 Å². The van der Waals surface area contributed by atoms with E-state index in [1.54, 1.807) is 0 Å². The largest absolute Gasteiger partial charge is 0.422 e. The van der Waals surface area contributed by atoms with Crippen LogP contribution in [0.3, 0.4) is 0 Å². The smallest absolute Gasteiger partial charge is 0.180 e. The highest BCUT2D eigenvalue weighted by molar-refractivity contribution is 5.11. The second kappa shape index (κ2) is 21.5. The number of aliphatic hydroxyl groups is 4. The summed E-state index contributed by atoms with van der Waals surface area (Å²) in [6.45, 7) is 9.30. The number of unbranched alkanes of at least 4 members (excludes halogenated alkanes) is 4. The minimum atomic E-state index is -4.94. The molecule has 14 heteroatoms. The lowest BCUT2D eigenvalue weighted by atomic mass is 9.87. The summed E-state index contributed by atoms with van der Waals surface area (Å²) in [4.78, 5) is 0. The van der Waals surface area contributed by atoms with Crippen LogP contribution in [0.25, 0.3) is 0 Å². The van der Waals surface area contributed by atoms with E-state index in [1.807, 2.05) is 0 Å². The fourth-order valence-corrected chi connectivity index (χ4v) is 8.77. The molecule has 5 aliphatic rings. The van der Waals surface area contributed by atoms with Crippen molar-refractivity contribution in [2.75, 3.05) is 0 Å². The van der Waals surface area contributed by atoms with E-state index in [2.05, 4.69) is 52.0 Å². The predicted molar refractivity (Wildman–Crippen MR) is 166 cm³/mol. The predicted octanol–water partition coefficient (Wildman–Crippen LogP) is -1.52. The monoisotopic (exact) mass is 756 g/mol. The van der Waals surface area contributed by atoms with Gasteiger partial charge in [-0.25, -0.2) is 37.3 Å². The van der Waals surface area contributed by atoms with Crippen molar-refractivity contribution in [3.8, 4) is 0 Å². The van der Waals surface area contributed by atoms with Crippen LogP contribution < -0.4 is 37.3 Å². The summed E-state index contributed by atoms with van der Waals surface area (Å²) in [5.41, 5.74) is 0. The molecule has 8 bridgehead atoms. The van der Waals surface area contributed by atoms with Crippen LogP contribution in [0, 0.1) is 44.2 Å². The third-order valence-corrected chi connectivity index (χ3v) is 11.1. The van der Waals surface area contributed by atoms with Gasteiger partial charge in [0.05, 0.1) is 48.1 Å². The summed E-state index contributed by atoms with van der Waals surface area (Å²) in [7, 11) is -9.89. The Morgan fingerprint density at radius 1 is 0.440 bits per heavy atom. The van der Waals surface area contributed by atoms with Gasteiger partial charge in [0, 0.05) is 0 Å². The standard InChI is InChI=1S/C36H60O4.2ClHO4/c1-5-9-13-25-29-17-19-31(37-29)26(14-10-6-2)33-21-23-35(39-33)28(16-12-8-4)36-24-22-34(40-36)27(15-11-7-3)32-20-18-30(25)38-32;2*2-1(3,4)5/h17,19,22,24-36H,5-16,18,20-21,23H2,1-4H3;2*(H,2,3,4,5). The van der Waals surface area contributed by atoms with Gasteiger partial charge >= 0.3 is 0 Å². The Balaban J connectivity index is 0.000000595. The molecule has 0 amide bonds. The zero-order chi connectivity index (χ0) is 36.9. The molecule has 0 spiro atoms. The van der Waals surface area contributed by atoms with Crippen molar-refractivity contribution in [3.63, 3.8) is 0 Å². The van der Waals surface area contributed by atoms with Gasteiger partial charge in [-0.3, -0.25) is 0 Å². The molecule has 292 valence electrons. The number of hydrogen-bond acceptors (Lipinski definition) is 10. The van der Waals surface area contributed by atoms with Crippen molar-refractivity contribution in [1.82, 2.24) is 0 Å². The van der Waals surface area contributed by atoms with Gasteiger partial charge in [0.2, 0.25) is 0 Å². The number of rotatable bonds is 12. The summed E-state index contributed by atoms with van der Waals surface area (Å²) >= 11 is 0. The van der Waals surface area contributed by atoms with Crippen molar-refractivity contribution in [2.24, 2.45) is 23.7 Å². The van der Waals surface area contributed by atoms with E-state index in [0.29, 0.717) is 72.5 Å². The van der Waals surface area contributed by atoms with E-state index in [0.717, 1.165) is 0 Å².